The van der Waals surface area contributed by atoms with E-state index in [0.717, 1.165) is 5.69 Å². The zero-order valence-electron chi connectivity index (χ0n) is 9.19. The number of nitrogens with one attached hydrogen (secondary N) is 1. The van der Waals surface area contributed by atoms with Gasteiger partial charge in [-0.3, -0.25) is 4.79 Å². The molecule has 1 rings (SSSR count). The van der Waals surface area contributed by atoms with Crippen LogP contribution < -0.4 is 5.32 Å². The van der Waals surface area contributed by atoms with Crippen molar-refractivity contribution < 1.29 is 9.90 Å². The highest BCUT2D eigenvalue weighted by Crippen LogP contribution is 2.14. The minimum atomic E-state index is -0.883. The van der Waals surface area contributed by atoms with E-state index >= 15 is 0 Å². The highest BCUT2D eigenvalue weighted by atomic mass is 16.4. The first-order valence-electron chi connectivity index (χ1n) is 4.89. The zero-order valence-corrected chi connectivity index (χ0v) is 9.19. The summed E-state index contributed by atoms with van der Waals surface area (Å²) in [6.07, 6.45) is -0.0134. The van der Waals surface area contributed by atoms with E-state index < -0.39 is 5.97 Å². The number of pyridine rings is 1. The minimum absolute atomic E-state index is 0.0134. The molecule has 1 aromatic heterocycles. The van der Waals surface area contributed by atoms with Crippen molar-refractivity contribution in [3.05, 3.63) is 23.4 Å². The molecule has 0 aliphatic rings. The molecule has 1 aromatic rings. The molecule has 0 saturated heterocycles. The Morgan fingerprint density at radius 3 is 2.94 bits per heavy atom. The third kappa shape index (κ3) is 3.24. The van der Waals surface area contributed by atoms with Crippen molar-refractivity contribution in [2.24, 2.45) is 0 Å². The summed E-state index contributed by atoms with van der Waals surface area (Å²) in [7, 11) is 0. The summed E-state index contributed by atoms with van der Waals surface area (Å²) in [5.41, 5.74) is 1.20. The van der Waals surface area contributed by atoms with Gasteiger partial charge < -0.3 is 10.4 Å². The van der Waals surface area contributed by atoms with E-state index in [9.17, 15) is 4.79 Å². The lowest BCUT2D eigenvalue weighted by Gasteiger charge is -2.13. The molecule has 0 aromatic carbocycles. The highest BCUT2D eigenvalue weighted by molar-refractivity contribution is 5.68. The van der Waals surface area contributed by atoms with E-state index in [2.05, 4.69) is 10.3 Å². The predicted octanol–water partition coefficient (Wildman–Crippen LogP) is 1.54. The van der Waals surface area contributed by atoms with E-state index in [4.69, 9.17) is 10.4 Å². The van der Waals surface area contributed by atoms with Crippen molar-refractivity contribution in [1.82, 2.24) is 4.98 Å². The summed E-state index contributed by atoms with van der Waals surface area (Å²) >= 11 is 0. The molecular weight excluding hydrogens is 206 g/mol. The van der Waals surface area contributed by atoms with Gasteiger partial charge in [0.15, 0.2) is 0 Å². The van der Waals surface area contributed by atoms with Gasteiger partial charge in [0.25, 0.3) is 0 Å². The molecule has 0 fully saturated rings. The van der Waals surface area contributed by atoms with E-state index in [0.29, 0.717) is 11.4 Å². The molecule has 0 saturated carbocycles. The van der Waals surface area contributed by atoms with Crippen LogP contribution in [0.5, 0.6) is 0 Å². The third-order valence-corrected chi connectivity index (χ3v) is 2.02. The lowest BCUT2D eigenvalue weighted by atomic mass is 10.2. The number of rotatable bonds is 4. The Kier molecular flexibility index (Phi) is 3.84. The summed E-state index contributed by atoms with van der Waals surface area (Å²) in [6, 6.07) is 5.15. The molecule has 0 aliphatic carbocycles. The van der Waals surface area contributed by atoms with Gasteiger partial charge in [-0.15, -0.1) is 0 Å². The van der Waals surface area contributed by atoms with Crippen LogP contribution in [0.3, 0.4) is 0 Å². The quantitative estimate of drug-likeness (QED) is 0.802. The number of hydrogen-bond acceptors (Lipinski definition) is 4. The number of carbonyl (C=O) groups is 1. The highest BCUT2D eigenvalue weighted by Gasteiger charge is 2.10. The van der Waals surface area contributed by atoms with Gasteiger partial charge in [-0.25, -0.2) is 4.98 Å². The molecule has 16 heavy (non-hydrogen) atoms. The van der Waals surface area contributed by atoms with Gasteiger partial charge in [0.05, 0.1) is 12.0 Å². The average Bonchev–Trinajstić information content (AvgIpc) is 2.16. The fraction of sp³-hybridized carbons (Fsp3) is 0.364. The number of hydrogen-bond donors (Lipinski definition) is 2. The Balaban J connectivity index is 2.84. The Morgan fingerprint density at radius 1 is 1.69 bits per heavy atom. The lowest BCUT2D eigenvalue weighted by Crippen LogP contribution is -2.20. The van der Waals surface area contributed by atoms with Crippen LogP contribution in [0.25, 0.3) is 0 Å². The molecule has 0 radical (unpaired) electrons. The summed E-state index contributed by atoms with van der Waals surface area (Å²) in [4.78, 5) is 14.7. The van der Waals surface area contributed by atoms with E-state index in [-0.39, 0.29) is 12.5 Å². The van der Waals surface area contributed by atoms with E-state index in [1.807, 2.05) is 13.0 Å². The van der Waals surface area contributed by atoms with E-state index in [1.54, 1.807) is 19.1 Å². The molecule has 2 N–H and O–H groups in total. The summed E-state index contributed by atoms with van der Waals surface area (Å²) in [5.74, 6) is -0.442. The number of carboxylic acid groups (broad SMARTS) is 1. The topological polar surface area (TPSA) is 86.0 Å². The third-order valence-electron chi connectivity index (χ3n) is 2.02. The standard InChI is InChI=1S/C11H13N3O2/c1-7-3-4-9(6-12)11(13-7)14-8(2)5-10(15)16/h3-4,8H,5H2,1-2H3,(H,13,14)(H,15,16). The Bertz CT molecular complexity index is 437. The van der Waals surface area contributed by atoms with Crippen LogP contribution in [-0.2, 0) is 4.79 Å². The van der Waals surface area contributed by atoms with Gasteiger partial charge in [0.1, 0.15) is 11.9 Å². The van der Waals surface area contributed by atoms with Crippen molar-refractivity contribution >= 4 is 11.8 Å². The van der Waals surface area contributed by atoms with Crippen LogP contribution in [0, 0.1) is 18.3 Å². The van der Waals surface area contributed by atoms with Gasteiger partial charge in [-0.2, -0.15) is 5.26 Å². The van der Waals surface area contributed by atoms with Gasteiger partial charge in [-0.1, -0.05) is 0 Å². The molecule has 0 amide bonds. The molecule has 84 valence electrons. The van der Waals surface area contributed by atoms with Crippen LogP contribution >= 0.6 is 0 Å². The zero-order chi connectivity index (χ0) is 12.1. The summed E-state index contributed by atoms with van der Waals surface area (Å²) < 4.78 is 0. The number of anilines is 1. The number of aliphatic carboxylic acids is 1. The van der Waals surface area contributed by atoms with Crippen molar-refractivity contribution in [2.45, 2.75) is 26.3 Å². The van der Waals surface area contributed by atoms with Crippen LogP contribution in [0.2, 0.25) is 0 Å². The summed E-state index contributed by atoms with van der Waals surface area (Å²) in [6.45, 7) is 3.55. The van der Waals surface area contributed by atoms with E-state index in [1.165, 1.54) is 0 Å². The van der Waals surface area contributed by atoms with Crippen molar-refractivity contribution in [2.75, 3.05) is 5.32 Å². The SMILES string of the molecule is Cc1ccc(C#N)c(NC(C)CC(=O)O)n1. The monoisotopic (exact) mass is 219 g/mol. The van der Waals surface area contributed by atoms with Crippen LogP contribution in [0.4, 0.5) is 5.82 Å². The molecule has 5 nitrogen and oxygen atoms in total. The molecule has 1 heterocycles. The fourth-order valence-corrected chi connectivity index (χ4v) is 1.30. The number of nitriles is 1. The number of carboxylic acids is 1. The fourth-order valence-electron chi connectivity index (χ4n) is 1.30. The maximum absolute atomic E-state index is 10.5. The van der Waals surface area contributed by atoms with Crippen LogP contribution in [0.15, 0.2) is 12.1 Å². The van der Waals surface area contributed by atoms with Crippen LogP contribution in [-0.4, -0.2) is 22.1 Å². The first kappa shape index (κ1) is 12.0. The van der Waals surface area contributed by atoms with Gasteiger partial charge in [-0.05, 0) is 26.0 Å². The predicted molar refractivity (Wildman–Crippen MR) is 59.0 cm³/mol. The number of aromatic nitrogens is 1. The van der Waals surface area contributed by atoms with Crippen LogP contribution in [0.1, 0.15) is 24.6 Å². The largest absolute Gasteiger partial charge is 0.481 e. The second-order valence-electron chi connectivity index (χ2n) is 3.60. The smallest absolute Gasteiger partial charge is 0.305 e. The van der Waals surface area contributed by atoms with Crippen molar-refractivity contribution in [3.8, 4) is 6.07 Å². The van der Waals surface area contributed by atoms with Crippen molar-refractivity contribution in [1.29, 1.82) is 5.26 Å². The summed E-state index contributed by atoms with van der Waals surface area (Å²) in [5, 5.41) is 20.4. The number of nitrogens with zero attached hydrogens (tertiary/aromatic N) is 2. The normalized spacial score (nSPS) is 11.6. The average molecular weight is 219 g/mol. The Hall–Kier alpha value is -2.09. The second kappa shape index (κ2) is 5.12. The lowest BCUT2D eigenvalue weighted by molar-refractivity contribution is -0.137. The second-order valence-corrected chi connectivity index (χ2v) is 3.60. The maximum Gasteiger partial charge on any atom is 0.305 e. The molecule has 1 atom stereocenters. The molecular formula is C11H13N3O2. The first-order valence-corrected chi connectivity index (χ1v) is 4.89. The Labute approximate surface area is 93.7 Å². The van der Waals surface area contributed by atoms with Gasteiger partial charge in [0, 0.05) is 11.7 Å². The first-order chi connectivity index (χ1) is 7.52. The molecule has 0 spiro atoms. The molecule has 1 unspecified atom stereocenters. The molecule has 0 aliphatic heterocycles. The van der Waals surface area contributed by atoms with Gasteiger partial charge in [0.2, 0.25) is 0 Å². The Morgan fingerprint density at radius 2 is 2.38 bits per heavy atom. The molecule has 5 heteroatoms. The van der Waals surface area contributed by atoms with Gasteiger partial charge >= 0.3 is 5.97 Å². The molecule has 0 bridgehead atoms. The van der Waals surface area contributed by atoms with Crippen molar-refractivity contribution in [3.63, 3.8) is 0 Å². The number of aryl methyl sites for hydroxylation is 1. The minimum Gasteiger partial charge on any atom is -0.481 e. The maximum atomic E-state index is 10.5.